The van der Waals surface area contributed by atoms with Crippen molar-refractivity contribution in [2.75, 3.05) is 18.4 Å². The number of rotatable bonds is 5. The van der Waals surface area contributed by atoms with Crippen LogP contribution >= 0.6 is 0 Å². The van der Waals surface area contributed by atoms with Gasteiger partial charge in [0.2, 0.25) is 5.91 Å². The van der Waals surface area contributed by atoms with Crippen molar-refractivity contribution >= 4 is 28.5 Å². The van der Waals surface area contributed by atoms with E-state index in [1.807, 2.05) is 0 Å². The number of anilines is 1. The van der Waals surface area contributed by atoms with Gasteiger partial charge in [0.05, 0.1) is 5.39 Å². The summed E-state index contributed by atoms with van der Waals surface area (Å²) in [4.78, 5) is 38.2. The summed E-state index contributed by atoms with van der Waals surface area (Å²) in [5.74, 6) is 0.911. The van der Waals surface area contributed by atoms with Gasteiger partial charge in [-0.25, -0.2) is 9.97 Å². The lowest BCUT2D eigenvalue weighted by Crippen LogP contribution is -2.44. The topological polar surface area (TPSA) is 91.0 Å². The first kappa shape index (κ1) is 16.8. The summed E-state index contributed by atoms with van der Waals surface area (Å²) >= 11 is 0. The van der Waals surface area contributed by atoms with Gasteiger partial charge in [-0.15, -0.1) is 0 Å². The second-order valence-electron chi connectivity index (χ2n) is 7.11. The van der Waals surface area contributed by atoms with Crippen molar-refractivity contribution in [2.45, 2.75) is 38.1 Å². The number of aromatic nitrogens is 3. The third kappa shape index (κ3) is 2.98. The molecule has 1 amide bonds. The Hall–Kier alpha value is -2.70. The molecule has 0 radical (unpaired) electrons. The van der Waals surface area contributed by atoms with Crippen molar-refractivity contribution in [3.63, 3.8) is 0 Å². The molecule has 0 spiro atoms. The SMILES string of the molecule is C=CC(=O)N1CCC[C@@H](Nc2ncnc3[nH]cc(C(=O)C4CCC4)c23)C1. The molecule has 0 aromatic carbocycles. The molecule has 136 valence electrons. The number of amides is 1. The Balaban J connectivity index is 1.60. The maximum atomic E-state index is 12.8. The summed E-state index contributed by atoms with van der Waals surface area (Å²) in [6.07, 6.45) is 9.51. The number of fused-ring (bicyclic) bond motifs is 1. The number of Topliss-reactive ketones (excluding diaryl/α,β-unsaturated/α-hetero) is 1. The number of aromatic amines is 1. The number of piperidine rings is 1. The number of likely N-dealkylation sites (tertiary alicyclic amines) is 1. The van der Waals surface area contributed by atoms with E-state index >= 15 is 0 Å². The first-order chi connectivity index (χ1) is 12.7. The Morgan fingerprint density at radius 1 is 1.27 bits per heavy atom. The van der Waals surface area contributed by atoms with E-state index in [-0.39, 0.29) is 23.7 Å². The summed E-state index contributed by atoms with van der Waals surface area (Å²) in [5.41, 5.74) is 1.34. The van der Waals surface area contributed by atoms with Crippen LogP contribution in [-0.4, -0.2) is 50.7 Å². The molecule has 3 heterocycles. The van der Waals surface area contributed by atoms with Gasteiger partial charge in [-0.2, -0.15) is 0 Å². The van der Waals surface area contributed by atoms with Gasteiger partial charge in [0.25, 0.3) is 0 Å². The highest BCUT2D eigenvalue weighted by Crippen LogP contribution is 2.33. The van der Waals surface area contributed by atoms with Gasteiger partial charge in [0.1, 0.15) is 17.8 Å². The maximum absolute atomic E-state index is 12.8. The van der Waals surface area contributed by atoms with Crippen molar-refractivity contribution < 1.29 is 9.59 Å². The zero-order valence-electron chi connectivity index (χ0n) is 14.7. The Morgan fingerprint density at radius 2 is 2.12 bits per heavy atom. The number of carbonyl (C=O) groups excluding carboxylic acids is 2. The molecule has 4 rings (SSSR count). The number of nitrogens with one attached hydrogen (secondary N) is 2. The Labute approximate surface area is 151 Å². The molecule has 26 heavy (non-hydrogen) atoms. The fourth-order valence-electron chi connectivity index (χ4n) is 3.77. The highest BCUT2D eigenvalue weighted by atomic mass is 16.2. The highest BCUT2D eigenvalue weighted by molar-refractivity contribution is 6.11. The summed E-state index contributed by atoms with van der Waals surface area (Å²) in [7, 11) is 0. The number of nitrogens with zero attached hydrogens (tertiary/aromatic N) is 3. The Bertz CT molecular complexity index is 855. The van der Waals surface area contributed by atoms with Gasteiger partial charge in [0.15, 0.2) is 5.78 Å². The van der Waals surface area contributed by atoms with Crippen LogP contribution in [0, 0.1) is 5.92 Å². The number of ketones is 1. The third-order valence-corrected chi connectivity index (χ3v) is 5.46. The van der Waals surface area contributed by atoms with Gasteiger partial charge >= 0.3 is 0 Å². The quantitative estimate of drug-likeness (QED) is 0.637. The van der Waals surface area contributed by atoms with Crippen LogP contribution < -0.4 is 5.32 Å². The average molecular weight is 353 g/mol. The molecule has 2 aromatic heterocycles. The van der Waals surface area contributed by atoms with Gasteiger partial charge in [-0.05, 0) is 31.8 Å². The van der Waals surface area contributed by atoms with E-state index in [1.165, 1.54) is 12.4 Å². The van der Waals surface area contributed by atoms with Crippen LogP contribution in [0.15, 0.2) is 25.2 Å². The predicted molar refractivity (Wildman–Crippen MR) is 99.0 cm³/mol. The summed E-state index contributed by atoms with van der Waals surface area (Å²) in [5, 5.41) is 4.20. The lowest BCUT2D eigenvalue weighted by atomic mass is 9.80. The normalized spacial score (nSPS) is 20.6. The van der Waals surface area contributed by atoms with Crippen LogP contribution in [0.25, 0.3) is 11.0 Å². The van der Waals surface area contributed by atoms with Crippen molar-refractivity contribution in [3.8, 4) is 0 Å². The molecule has 0 bridgehead atoms. The fraction of sp³-hybridized carbons (Fsp3) is 0.474. The zero-order valence-corrected chi connectivity index (χ0v) is 14.7. The van der Waals surface area contributed by atoms with E-state index in [4.69, 9.17) is 0 Å². The predicted octanol–water partition coefficient (Wildman–Crippen LogP) is 2.53. The van der Waals surface area contributed by atoms with Crippen molar-refractivity contribution in [2.24, 2.45) is 5.92 Å². The van der Waals surface area contributed by atoms with E-state index in [2.05, 4.69) is 26.8 Å². The Kier molecular flexibility index (Phi) is 4.44. The zero-order chi connectivity index (χ0) is 18.1. The Morgan fingerprint density at radius 3 is 2.85 bits per heavy atom. The minimum Gasteiger partial charge on any atom is -0.365 e. The third-order valence-electron chi connectivity index (χ3n) is 5.46. The number of hydrogen-bond donors (Lipinski definition) is 2. The first-order valence-electron chi connectivity index (χ1n) is 9.21. The van der Waals surface area contributed by atoms with E-state index in [9.17, 15) is 9.59 Å². The molecule has 2 aromatic rings. The molecule has 0 unspecified atom stereocenters. The molecular formula is C19H23N5O2. The molecule has 1 saturated heterocycles. The minimum atomic E-state index is -0.0492. The van der Waals surface area contributed by atoms with Gasteiger partial charge in [-0.1, -0.05) is 13.0 Å². The standard InChI is InChI=1S/C19H23N5O2/c1-2-15(25)24-8-4-7-13(10-24)23-19-16-14(17(26)12-5-3-6-12)9-20-18(16)21-11-22-19/h2,9,11-13H,1,3-8,10H2,(H2,20,21,22,23)/t13-/m1/s1. The van der Waals surface area contributed by atoms with Gasteiger partial charge in [0, 0.05) is 36.8 Å². The van der Waals surface area contributed by atoms with Crippen LogP contribution in [0.5, 0.6) is 0 Å². The molecule has 7 nitrogen and oxygen atoms in total. The number of carbonyl (C=O) groups is 2. The van der Waals surface area contributed by atoms with Crippen molar-refractivity contribution in [1.82, 2.24) is 19.9 Å². The van der Waals surface area contributed by atoms with E-state index in [1.54, 1.807) is 11.1 Å². The molecule has 2 aliphatic rings. The number of hydrogen-bond acceptors (Lipinski definition) is 5. The minimum absolute atomic E-state index is 0.0492. The molecule has 1 aliphatic carbocycles. The largest absolute Gasteiger partial charge is 0.365 e. The van der Waals surface area contributed by atoms with Crippen LogP contribution in [0.1, 0.15) is 42.5 Å². The van der Waals surface area contributed by atoms with Crippen LogP contribution in [0.4, 0.5) is 5.82 Å². The van der Waals surface area contributed by atoms with Gasteiger partial charge < -0.3 is 15.2 Å². The van der Waals surface area contributed by atoms with E-state index in [0.29, 0.717) is 23.6 Å². The lowest BCUT2D eigenvalue weighted by molar-refractivity contribution is -0.127. The molecular weight excluding hydrogens is 330 g/mol. The monoisotopic (exact) mass is 353 g/mol. The fourth-order valence-corrected chi connectivity index (χ4v) is 3.77. The molecule has 1 aliphatic heterocycles. The van der Waals surface area contributed by atoms with Crippen LogP contribution in [0.3, 0.4) is 0 Å². The van der Waals surface area contributed by atoms with Crippen molar-refractivity contribution in [1.29, 1.82) is 0 Å². The molecule has 2 fully saturated rings. The smallest absolute Gasteiger partial charge is 0.246 e. The lowest BCUT2D eigenvalue weighted by Gasteiger charge is -2.33. The summed E-state index contributed by atoms with van der Waals surface area (Å²) < 4.78 is 0. The van der Waals surface area contributed by atoms with Crippen LogP contribution in [-0.2, 0) is 4.79 Å². The van der Waals surface area contributed by atoms with Gasteiger partial charge in [-0.3, -0.25) is 9.59 Å². The van der Waals surface area contributed by atoms with Crippen molar-refractivity contribution in [3.05, 3.63) is 30.7 Å². The second kappa shape index (κ2) is 6.90. The average Bonchev–Trinajstić information content (AvgIpc) is 3.05. The molecule has 1 atom stereocenters. The molecule has 2 N–H and O–H groups in total. The van der Waals surface area contributed by atoms with E-state index in [0.717, 1.165) is 44.0 Å². The van der Waals surface area contributed by atoms with Crippen LogP contribution in [0.2, 0.25) is 0 Å². The van der Waals surface area contributed by atoms with E-state index < -0.39 is 0 Å². The highest BCUT2D eigenvalue weighted by Gasteiger charge is 2.30. The summed E-state index contributed by atoms with van der Waals surface area (Å²) in [6.45, 7) is 4.92. The summed E-state index contributed by atoms with van der Waals surface area (Å²) in [6, 6.07) is 0.0901. The first-order valence-corrected chi connectivity index (χ1v) is 9.21. The molecule has 1 saturated carbocycles. The molecule has 7 heteroatoms. The second-order valence-corrected chi connectivity index (χ2v) is 7.11. The maximum Gasteiger partial charge on any atom is 0.246 e. The number of H-pyrrole nitrogens is 1.